The van der Waals surface area contributed by atoms with Crippen molar-refractivity contribution in [3.05, 3.63) is 257 Å². The molecule has 10 aromatic rings. The minimum absolute atomic E-state index is 0.658. The highest BCUT2D eigenvalue weighted by Crippen LogP contribution is 2.41. The normalized spacial score (nSPS) is 12.6. The molecular formula is C68H54N4. The van der Waals surface area contributed by atoms with Crippen molar-refractivity contribution < 1.29 is 0 Å². The van der Waals surface area contributed by atoms with E-state index in [0.717, 1.165) is 96.3 Å². The molecule has 4 heteroatoms. The fourth-order valence-electron chi connectivity index (χ4n) is 10.9. The van der Waals surface area contributed by atoms with Crippen LogP contribution in [-0.2, 0) is 51.4 Å². The van der Waals surface area contributed by atoms with E-state index in [4.69, 9.17) is 15.0 Å². The van der Waals surface area contributed by atoms with Gasteiger partial charge >= 0.3 is 0 Å². The van der Waals surface area contributed by atoms with Gasteiger partial charge in [0.05, 0.1) is 28.7 Å². The molecule has 0 atom stereocenters. The number of hydrogen-bond acceptors (Lipinski definition) is 4. The molecule has 0 saturated heterocycles. The van der Waals surface area contributed by atoms with Gasteiger partial charge in [0, 0.05) is 35.3 Å². The van der Waals surface area contributed by atoms with E-state index >= 15 is 0 Å². The zero-order valence-electron chi connectivity index (χ0n) is 40.5. The topological polar surface area (TPSA) is 62.5 Å². The van der Waals surface area contributed by atoms with Crippen LogP contribution in [0.4, 0.5) is 0 Å². The van der Waals surface area contributed by atoms with Gasteiger partial charge in [-0.15, -0.1) is 0 Å². The second kappa shape index (κ2) is 20.1. The van der Waals surface area contributed by atoms with Crippen LogP contribution in [0.25, 0.3) is 78.3 Å². The lowest BCUT2D eigenvalue weighted by atomic mass is 9.86. The Labute approximate surface area is 423 Å². The van der Waals surface area contributed by atoms with Gasteiger partial charge in [0.1, 0.15) is 0 Å². The Kier molecular flexibility index (Phi) is 12.5. The number of fused-ring (bicyclic) bond motifs is 2. The maximum Gasteiger partial charge on any atom is 0.0991 e. The predicted molar refractivity (Wildman–Crippen MR) is 294 cm³/mol. The smallest absolute Gasteiger partial charge is 0.0991 e. The second-order valence-corrected chi connectivity index (χ2v) is 19.6. The van der Waals surface area contributed by atoms with Crippen LogP contribution in [-0.4, -0.2) is 15.0 Å². The lowest BCUT2D eigenvalue weighted by molar-refractivity contribution is 0.911. The van der Waals surface area contributed by atoms with Crippen molar-refractivity contribution in [2.75, 3.05) is 0 Å². The second-order valence-electron chi connectivity index (χ2n) is 19.6. The van der Waals surface area contributed by atoms with E-state index in [1.165, 1.54) is 90.7 Å². The summed E-state index contributed by atoms with van der Waals surface area (Å²) in [6.07, 6.45) is 16.8. The molecule has 2 aliphatic rings. The molecule has 0 radical (unpaired) electrons. The van der Waals surface area contributed by atoms with Gasteiger partial charge in [0.15, 0.2) is 0 Å². The fraction of sp³-hybridized carbons (Fsp3) is 0.147. The number of aromatic nitrogens is 3. The molecule has 346 valence electrons. The van der Waals surface area contributed by atoms with Crippen molar-refractivity contribution in [3.8, 4) is 84.3 Å². The first-order chi connectivity index (χ1) is 35.6. The molecule has 3 heterocycles. The minimum Gasteiger partial charge on any atom is -0.256 e. The summed E-state index contributed by atoms with van der Waals surface area (Å²) in [4.78, 5) is 14.4. The van der Waals surface area contributed by atoms with Crippen LogP contribution in [0.2, 0.25) is 0 Å². The summed E-state index contributed by atoms with van der Waals surface area (Å²) in [5.41, 5.74) is 27.5. The molecule has 0 unspecified atom stereocenters. The SMILES string of the molecule is N#Cc1ccc(-c2ccc(-c3cc(-c4ccccn4)ccc3-c3ccccc3-c3cc(CCc4ccc(-c5cc6c(cn5)CCC6)cc4)cc(CCc4ccc(-c5cc6c(cn5)CCC6)cc4)c3)cc2)cc1. The molecule has 0 spiro atoms. The number of aryl methyl sites for hydroxylation is 8. The standard InChI is InChI=1S/C68H54N4/c69-43-48-22-24-51(25-23-48)52-30-32-53(33-31-52)65-40-58(66-13-3-4-36-70-66)34-35-64(65)63-12-2-1-11-62(63)61-38-49(16-14-46-18-26-54(27-19-46)67-41-56-7-5-9-59(56)44-71-67)37-50(39-61)17-15-47-20-28-55(29-21-47)68-42-57-8-6-10-60(57)45-72-68/h1-4,11-13,18-42,44-45H,5-10,14-17H2. The highest BCUT2D eigenvalue weighted by atomic mass is 14.7. The van der Waals surface area contributed by atoms with E-state index in [2.05, 4.69) is 170 Å². The lowest BCUT2D eigenvalue weighted by Gasteiger charge is -2.18. The third-order valence-corrected chi connectivity index (χ3v) is 15.0. The molecule has 2 aliphatic carbocycles. The maximum absolute atomic E-state index is 9.40. The fourth-order valence-corrected chi connectivity index (χ4v) is 10.9. The van der Waals surface area contributed by atoms with Crippen molar-refractivity contribution in [2.45, 2.75) is 64.2 Å². The molecular weight excluding hydrogens is 873 g/mol. The first kappa shape index (κ1) is 44.7. The third-order valence-electron chi connectivity index (χ3n) is 15.0. The monoisotopic (exact) mass is 926 g/mol. The van der Waals surface area contributed by atoms with Crippen LogP contribution in [0.3, 0.4) is 0 Å². The van der Waals surface area contributed by atoms with E-state index in [1.807, 2.05) is 42.6 Å². The molecule has 0 bridgehead atoms. The summed E-state index contributed by atoms with van der Waals surface area (Å²) in [6.45, 7) is 0. The quantitative estimate of drug-likeness (QED) is 0.116. The van der Waals surface area contributed by atoms with Crippen LogP contribution in [0, 0.1) is 11.3 Å². The summed E-state index contributed by atoms with van der Waals surface area (Å²) in [7, 11) is 0. The first-order valence-corrected chi connectivity index (χ1v) is 25.6. The largest absolute Gasteiger partial charge is 0.256 e. The van der Waals surface area contributed by atoms with Crippen LogP contribution in [0.5, 0.6) is 0 Å². The Hall–Kier alpha value is -8.52. The number of pyridine rings is 3. The van der Waals surface area contributed by atoms with Gasteiger partial charge in [-0.3, -0.25) is 15.0 Å². The molecule has 0 N–H and O–H groups in total. The minimum atomic E-state index is 0.658. The van der Waals surface area contributed by atoms with E-state index in [1.54, 1.807) is 0 Å². The van der Waals surface area contributed by atoms with Crippen molar-refractivity contribution in [2.24, 2.45) is 0 Å². The van der Waals surface area contributed by atoms with E-state index < -0.39 is 0 Å². The number of hydrogen-bond donors (Lipinski definition) is 0. The van der Waals surface area contributed by atoms with Gasteiger partial charge in [0.2, 0.25) is 0 Å². The maximum atomic E-state index is 9.40. The Balaban J connectivity index is 0.880. The molecule has 3 aromatic heterocycles. The van der Waals surface area contributed by atoms with Gasteiger partial charge in [0.25, 0.3) is 0 Å². The van der Waals surface area contributed by atoms with Crippen LogP contribution >= 0.6 is 0 Å². The summed E-state index contributed by atoms with van der Waals surface area (Å²) < 4.78 is 0. The Morgan fingerprint density at radius 1 is 0.333 bits per heavy atom. The van der Waals surface area contributed by atoms with Crippen LogP contribution in [0.15, 0.2) is 207 Å². The summed E-state index contributed by atoms with van der Waals surface area (Å²) in [5.74, 6) is 0. The molecule has 0 fully saturated rings. The molecule has 0 amide bonds. The van der Waals surface area contributed by atoms with Gasteiger partial charge in [-0.25, -0.2) is 0 Å². The highest BCUT2D eigenvalue weighted by Gasteiger charge is 2.18. The van der Waals surface area contributed by atoms with Gasteiger partial charge in [-0.1, -0.05) is 146 Å². The van der Waals surface area contributed by atoms with Crippen molar-refractivity contribution in [1.82, 2.24) is 15.0 Å². The van der Waals surface area contributed by atoms with Crippen LogP contribution in [0.1, 0.15) is 62.9 Å². The summed E-state index contributed by atoms with van der Waals surface area (Å²) in [5, 5.41) is 9.40. The zero-order chi connectivity index (χ0) is 48.2. The molecule has 0 aliphatic heterocycles. The van der Waals surface area contributed by atoms with E-state index in [-0.39, 0.29) is 0 Å². The zero-order valence-corrected chi connectivity index (χ0v) is 40.5. The molecule has 12 rings (SSSR count). The number of rotatable bonds is 13. The third kappa shape index (κ3) is 9.55. The average Bonchev–Trinajstić information content (AvgIpc) is 4.14. The lowest BCUT2D eigenvalue weighted by Crippen LogP contribution is -1.98. The highest BCUT2D eigenvalue weighted by molar-refractivity contribution is 5.94. The number of nitrogens with zero attached hydrogens (tertiary/aromatic N) is 4. The first-order valence-electron chi connectivity index (χ1n) is 25.6. The van der Waals surface area contributed by atoms with Crippen molar-refractivity contribution in [1.29, 1.82) is 5.26 Å². The van der Waals surface area contributed by atoms with Gasteiger partial charge < -0.3 is 0 Å². The van der Waals surface area contributed by atoms with Crippen molar-refractivity contribution in [3.63, 3.8) is 0 Å². The summed E-state index contributed by atoms with van der Waals surface area (Å²) >= 11 is 0. The Bertz CT molecular complexity index is 3480. The summed E-state index contributed by atoms with van der Waals surface area (Å²) in [6, 6.07) is 70.7. The van der Waals surface area contributed by atoms with E-state index in [9.17, 15) is 5.26 Å². The molecule has 7 aromatic carbocycles. The molecule has 4 nitrogen and oxygen atoms in total. The molecule has 72 heavy (non-hydrogen) atoms. The van der Waals surface area contributed by atoms with E-state index in [0.29, 0.717) is 5.56 Å². The number of nitriles is 1. The van der Waals surface area contributed by atoms with Gasteiger partial charge in [-0.2, -0.15) is 5.26 Å². The Morgan fingerprint density at radius 3 is 1.39 bits per heavy atom. The van der Waals surface area contributed by atoms with Crippen LogP contribution < -0.4 is 0 Å². The predicted octanol–water partition coefficient (Wildman–Crippen LogP) is 16.0. The van der Waals surface area contributed by atoms with Gasteiger partial charge in [-0.05, 0) is 196 Å². The molecule has 0 saturated carbocycles. The number of benzene rings is 7. The Morgan fingerprint density at radius 2 is 0.819 bits per heavy atom. The van der Waals surface area contributed by atoms with Crippen molar-refractivity contribution >= 4 is 0 Å². The average molecular weight is 927 g/mol.